The van der Waals surface area contributed by atoms with E-state index >= 15 is 0 Å². The molecule has 2 aliphatic rings. The molecule has 1 saturated heterocycles. The SMILES string of the molecule is C1=C[C@@H]2OCOC[C@H]2OC1. The van der Waals surface area contributed by atoms with E-state index in [1.165, 1.54) is 0 Å². The molecule has 0 aromatic carbocycles. The van der Waals surface area contributed by atoms with Gasteiger partial charge < -0.3 is 14.2 Å². The molecule has 0 unspecified atom stereocenters. The smallest absolute Gasteiger partial charge is 0.147 e. The number of hydrogen-bond donors (Lipinski definition) is 0. The Morgan fingerprint density at radius 3 is 3.20 bits per heavy atom. The van der Waals surface area contributed by atoms with E-state index in [9.17, 15) is 0 Å². The standard InChI is InChI=1S/C7H10O3/c1-2-6-7(9-3-1)4-8-5-10-6/h1-2,6-7H,3-5H2/t6-,7+/m0/s1. The summed E-state index contributed by atoms with van der Waals surface area (Å²) in [6.07, 6.45) is 4.27. The van der Waals surface area contributed by atoms with Crippen molar-refractivity contribution in [2.75, 3.05) is 20.0 Å². The van der Waals surface area contributed by atoms with Crippen LogP contribution in [-0.2, 0) is 14.2 Å². The van der Waals surface area contributed by atoms with Gasteiger partial charge in [-0.05, 0) is 0 Å². The molecule has 3 heteroatoms. The number of hydrogen-bond acceptors (Lipinski definition) is 3. The van der Waals surface area contributed by atoms with Gasteiger partial charge in [-0.25, -0.2) is 0 Å². The summed E-state index contributed by atoms with van der Waals surface area (Å²) in [5, 5.41) is 0. The van der Waals surface area contributed by atoms with E-state index < -0.39 is 0 Å². The Morgan fingerprint density at radius 1 is 1.30 bits per heavy atom. The van der Waals surface area contributed by atoms with Crippen molar-refractivity contribution >= 4 is 0 Å². The van der Waals surface area contributed by atoms with Gasteiger partial charge in [0, 0.05) is 0 Å². The fraction of sp³-hybridized carbons (Fsp3) is 0.714. The van der Waals surface area contributed by atoms with E-state index in [4.69, 9.17) is 14.2 Å². The average Bonchev–Trinajstić information content (AvgIpc) is 2.05. The molecule has 0 aromatic heterocycles. The van der Waals surface area contributed by atoms with Gasteiger partial charge in [0.1, 0.15) is 19.0 Å². The summed E-state index contributed by atoms with van der Waals surface area (Å²) in [5.74, 6) is 0. The van der Waals surface area contributed by atoms with Gasteiger partial charge in [0.2, 0.25) is 0 Å². The normalized spacial score (nSPS) is 39.2. The molecule has 0 amide bonds. The predicted molar refractivity (Wildman–Crippen MR) is 34.6 cm³/mol. The minimum atomic E-state index is 0.124. The summed E-state index contributed by atoms with van der Waals surface area (Å²) in [6, 6.07) is 0. The minimum absolute atomic E-state index is 0.124. The largest absolute Gasteiger partial charge is 0.369 e. The predicted octanol–water partition coefficient (Wildman–Crippen LogP) is 0.314. The first kappa shape index (κ1) is 6.34. The molecular formula is C7H10O3. The number of rotatable bonds is 0. The third-order valence-electron chi connectivity index (χ3n) is 1.72. The van der Waals surface area contributed by atoms with Crippen molar-refractivity contribution in [3.8, 4) is 0 Å². The Morgan fingerprint density at radius 2 is 2.30 bits per heavy atom. The van der Waals surface area contributed by atoms with E-state index in [1.54, 1.807) is 0 Å². The molecule has 2 atom stereocenters. The maximum atomic E-state index is 5.35. The molecule has 10 heavy (non-hydrogen) atoms. The van der Waals surface area contributed by atoms with Crippen LogP contribution in [0.5, 0.6) is 0 Å². The van der Waals surface area contributed by atoms with Crippen molar-refractivity contribution in [3.63, 3.8) is 0 Å². The van der Waals surface area contributed by atoms with Gasteiger partial charge in [-0.3, -0.25) is 0 Å². The quantitative estimate of drug-likeness (QED) is 0.456. The minimum Gasteiger partial charge on any atom is -0.369 e. The van der Waals surface area contributed by atoms with Gasteiger partial charge >= 0.3 is 0 Å². The van der Waals surface area contributed by atoms with Gasteiger partial charge in [0.05, 0.1) is 13.2 Å². The Kier molecular flexibility index (Phi) is 1.71. The lowest BCUT2D eigenvalue weighted by Gasteiger charge is -2.31. The molecule has 0 aromatic rings. The second-order valence-electron chi connectivity index (χ2n) is 2.42. The molecule has 0 bridgehead atoms. The zero-order valence-electron chi connectivity index (χ0n) is 5.66. The molecule has 56 valence electrons. The Bertz CT molecular complexity index is 144. The van der Waals surface area contributed by atoms with E-state index in [2.05, 4.69) is 0 Å². The maximum absolute atomic E-state index is 5.35. The average molecular weight is 142 g/mol. The zero-order chi connectivity index (χ0) is 6.81. The summed E-state index contributed by atoms with van der Waals surface area (Å²) in [4.78, 5) is 0. The van der Waals surface area contributed by atoms with Crippen LogP contribution in [0.25, 0.3) is 0 Å². The van der Waals surface area contributed by atoms with Crippen LogP contribution < -0.4 is 0 Å². The highest BCUT2D eigenvalue weighted by atomic mass is 16.7. The highest BCUT2D eigenvalue weighted by molar-refractivity contribution is 4.98. The van der Waals surface area contributed by atoms with Crippen LogP contribution in [0.2, 0.25) is 0 Å². The summed E-state index contributed by atoms with van der Waals surface area (Å²) < 4.78 is 15.7. The lowest BCUT2D eigenvalue weighted by molar-refractivity contribution is -0.194. The summed E-state index contributed by atoms with van der Waals surface area (Å²) in [5.41, 5.74) is 0. The van der Waals surface area contributed by atoms with Gasteiger partial charge in [-0.1, -0.05) is 12.2 Å². The summed E-state index contributed by atoms with van der Waals surface area (Å²) >= 11 is 0. The highest BCUT2D eigenvalue weighted by Crippen LogP contribution is 2.15. The molecular weight excluding hydrogens is 132 g/mol. The van der Waals surface area contributed by atoms with E-state index in [-0.39, 0.29) is 12.2 Å². The number of fused-ring (bicyclic) bond motifs is 1. The molecule has 0 N–H and O–H groups in total. The van der Waals surface area contributed by atoms with Gasteiger partial charge in [0.25, 0.3) is 0 Å². The second kappa shape index (κ2) is 2.70. The van der Waals surface area contributed by atoms with Crippen LogP contribution >= 0.6 is 0 Å². The van der Waals surface area contributed by atoms with Gasteiger partial charge in [-0.2, -0.15) is 0 Å². The van der Waals surface area contributed by atoms with Crippen molar-refractivity contribution < 1.29 is 14.2 Å². The van der Waals surface area contributed by atoms with Crippen LogP contribution in [0.15, 0.2) is 12.2 Å². The monoisotopic (exact) mass is 142 g/mol. The molecule has 3 nitrogen and oxygen atoms in total. The second-order valence-corrected chi connectivity index (χ2v) is 2.42. The van der Waals surface area contributed by atoms with Crippen molar-refractivity contribution in [1.29, 1.82) is 0 Å². The molecule has 0 radical (unpaired) electrons. The lowest BCUT2D eigenvalue weighted by atomic mass is 10.1. The van der Waals surface area contributed by atoms with Gasteiger partial charge in [-0.15, -0.1) is 0 Å². The third-order valence-corrected chi connectivity index (χ3v) is 1.72. The van der Waals surface area contributed by atoms with Crippen LogP contribution in [0.4, 0.5) is 0 Å². The molecule has 2 rings (SSSR count). The number of ether oxygens (including phenoxy) is 3. The maximum Gasteiger partial charge on any atom is 0.147 e. The van der Waals surface area contributed by atoms with Crippen LogP contribution in [0, 0.1) is 0 Å². The third kappa shape index (κ3) is 1.08. The molecule has 0 saturated carbocycles. The topological polar surface area (TPSA) is 27.7 Å². The first-order chi connectivity index (χ1) is 4.97. The lowest BCUT2D eigenvalue weighted by Crippen LogP contribution is -2.41. The fourth-order valence-corrected chi connectivity index (χ4v) is 1.18. The molecule has 2 aliphatic heterocycles. The van der Waals surface area contributed by atoms with Crippen LogP contribution in [0.1, 0.15) is 0 Å². The van der Waals surface area contributed by atoms with Crippen molar-refractivity contribution in [2.24, 2.45) is 0 Å². The molecule has 2 heterocycles. The van der Waals surface area contributed by atoms with Crippen molar-refractivity contribution in [2.45, 2.75) is 12.2 Å². The van der Waals surface area contributed by atoms with Crippen LogP contribution in [0.3, 0.4) is 0 Å². The zero-order valence-corrected chi connectivity index (χ0v) is 5.66. The van der Waals surface area contributed by atoms with Crippen molar-refractivity contribution in [1.82, 2.24) is 0 Å². The Labute approximate surface area is 59.6 Å². The fourth-order valence-electron chi connectivity index (χ4n) is 1.18. The van der Waals surface area contributed by atoms with Gasteiger partial charge in [0.15, 0.2) is 0 Å². The molecule has 0 aliphatic carbocycles. The Balaban J connectivity index is 2.03. The molecule has 1 fully saturated rings. The molecule has 0 spiro atoms. The Hall–Kier alpha value is -0.380. The van der Waals surface area contributed by atoms with Crippen molar-refractivity contribution in [3.05, 3.63) is 12.2 Å². The first-order valence-electron chi connectivity index (χ1n) is 3.44. The highest BCUT2D eigenvalue weighted by Gasteiger charge is 2.26. The first-order valence-corrected chi connectivity index (χ1v) is 3.44. The summed E-state index contributed by atoms with van der Waals surface area (Å²) in [7, 11) is 0. The summed E-state index contributed by atoms with van der Waals surface area (Å²) in [6.45, 7) is 1.75. The van der Waals surface area contributed by atoms with E-state index in [0.717, 1.165) is 0 Å². The van der Waals surface area contributed by atoms with Crippen LogP contribution in [-0.4, -0.2) is 32.2 Å². The van der Waals surface area contributed by atoms with E-state index in [1.807, 2.05) is 12.2 Å². The van der Waals surface area contributed by atoms with E-state index in [0.29, 0.717) is 20.0 Å².